The van der Waals surface area contributed by atoms with E-state index in [1.54, 1.807) is 36.4 Å². The van der Waals surface area contributed by atoms with E-state index < -0.39 is 23.6 Å². The van der Waals surface area contributed by atoms with Crippen molar-refractivity contribution >= 4 is 17.5 Å². The summed E-state index contributed by atoms with van der Waals surface area (Å²) in [5.41, 5.74) is 0.227. The van der Waals surface area contributed by atoms with Gasteiger partial charge < -0.3 is 14.6 Å². The first-order valence-corrected chi connectivity index (χ1v) is 9.12. The molecular weight excluding hydrogens is 397 g/mol. The topological polar surface area (TPSA) is 62.6 Å². The Balaban J connectivity index is 1.69. The fraction of sp³-hybridized carbons (Fsp3) is 0.182. The van der Waals surface area contributed by atoms with Crippen LogP contribution in [0.15, 0.2) is 77.4 Å². The van der Waals surface area contributed by atoms with Gasteiger partial charge in [0.05, 0.1) is 24.8 Å². The van der Waals surface area contributed by atoms with Crippen molar-refractivity contribution in [3.05, 3.63) is 89.9 Å². The van der Waals surface area contributed by atoms with Crippen molar-refractivity contribution in [2.45, 2.75) is 19.1 Å². The summed E-state index contributed by atoms with van der Waals surface area (Å²) in [6.07, 6.45) is -3.13. The molecule has 5 nitrogen and oxygen atoms in total. The van der Waals surface area contributed by atoms with Crippen molar-refractivity contribution in [2.24, 2.45) is 0 Å². The molecule has 0 atom stereocenters. The van der Waals surface area contributed by atoms with Gasteiger partial charge >= 0.3 is 6.18 Å². The van der Waals surface area contributed by atoms with Crippen molar-refractivity contribution in [1.82, 2.24) is 4.90 Å². The Bertz CT molecular complexity index is 969. The van der Waals surface area contributed by atoms with E-state index in [1.165, 1.54) is 23.3 Å². The lowest BCUT2D eigenvalue weighted by Gasteiger charge is -2.21. The Morgan fingerprint density at radius 1 is 0.933 bits per heavy atom. The highest BCUT2D eigenvalue weighted by Gasteiger charge is 2.30. The number of carbonyl (C=O) groups excluding carboxylic acids is 2. The van der Waals surface area contributed by atoms with Crippen molar-refractivity contribution in [1.29, 1.82) is 0 Å². The Hall–Kier alpha value is -3.55. The summed E-state index contributed by atoms with van der Waals surface area (Å²) in [6, 6.07) is 16.5. The van der Waals surface area contributed by atoms with Gasteiger partial charge in [-0.15, -0.1) is 0 Å². The molecule has 0 bridgehead atoms. The number of hydrogen-bond donors (Lipinski definition) is 1. The molecular formula is C22H19F3N2O3. The van der Waals surface area contributed by atoms with Crippen LogP contribution in [0.4, 0.5) is 18.9 Å². The maximum atomic E-state index is 12.8. The van der Waals surface area contributed by atoms with E-state index in [-0.39, 0.29) is 19.5 Å². The third-order valence-corrected chi connectivity index (χ3v) is 4.31. The molecule has 30 heavy (non-hydrogen) atoms. The lowest BCUT2D eigenvalue weighted by Crippen LogP contribution is -2.38. The largest absolute Gasteiger partial charge is 0.467 e. The van der Waals surface area contributed by atoms with Gasteiger partial charge in [-0.1, -0.05) is 30.3 Å². The average molecular weight is 416 g/mol. The number of alkyl halides is 3. The van der Waals surface area contributed by atoms with Gasteiger partial charge in [0.25, 0.3) is 0 Å². The average Bonchev–Trinajstić information content (AvgIpc) is 3.21. The molecule has 0 spiro atoms. The number of hydrogen-bond acceptors (Lipinski definition) is 3. The molecule has 0 unspecified atom stereocenters. The van der Waals surface area contributed by atoms with Crippen LogP contribution in [0, 0.1) is 0 Å². The Kier molecular flexibility index (Phi) is 6.56. The van der Waals surface area contributed by atoms with E-state index in [0.717, 1.165) is 12.1 Å². The molecule has 3 aromatic rings. The monoisotopic (exact) mass is 416 g/mol. The van der Waals surface area contributed by atoms with Crippen LogP contribution < -0.4 is 5.32 Å². The predicted molar refractivity (Wildman–Crippen MR) is 104 cm³/mol. The Morgan fingerprint density at radius 3 is 2.23 bits per heavy atom. The molecule has 0 saturated carbocycles. The number of furan rings is 1. The third kappa shape index (κ3) is 5.97. The van der Waals surface area contributed by atoms with Crippen molar-refractivity contribution < 1.29 is 27.2 Å². The van der Waals surface area contributed by atoms with Gasteiger partial charge in [-0.05, 0) is 42.0 Å². The number of nitrogens with zero attached hydrogens (tertiary/aromatic N) is 1. The predicted octanol–water partition coefficient (Wildman–Crippen LogP) is 4.51. The van der Waals surface area contributed by atoms with Crippen LogP contribution in [-0.4, -0.2) is 23.3 Å². The fourth-order valence-corrected chi connectivity index (χ4v) is 2.82. The number of anilines is 1. The standard InChI is InChI=1S/C22H19F3N2O3/c23-22(24,25)17-10-8-16(9-11-17)13-21(29)27(14-19-7-4-12-30-19)15-20(28)26-18-5-2-1-3-6-18/h1-12H,13-15H2,(H,26,28). The zero-order valence-electron chi connectivity index (χ0n) is 15.9. The molecule has 2 amide bonds. The van der Waals surface area contributed by atoms with Gasteiger partial charge in [0.2, 0.25) is 11.8 Å². The molecule has 0 aliphatic rings. The summed E-state index contributed by atoms with van der Waals surface area (Å²) in [5.74, 6) is -0.314. The molecule has 0 aliphatic carbocycles. The van der Waals surface area contributed by atoms with E-state index in [0.29, 0.717) is 17.0 Å². The van der Waals surface area contributed by atoms with Crippen molar-refractivity contribution in [2.75, 3.05) is 11.9 Å². The highest BCUT2D eigenvalue weighted by atomic mass is 19.4. The van der Waals surface area contributed by atoms with Gasteiger partial charge in [0.1, 0.15) is 12.3 Å². The summed E-state index contributed by atoms with van der Waals surface area (Å²) in [6.45, 7) is -0.163. The molecule has 1 heterocycles. The fourth-order valence-electron chi connectivity index (χ4n) is 2.82. The van der Waals surface area contributed by atoms with Crippen molar-refractivity contribution in [3.8, 4) is 0 Å². The zero-order valence-corrected chi connectivity index (χ0v) is 15.9. The molecule has 0 fully saturated rings. The van der Waals surface area contributed by atoms with E-state index in [9.17, 15) is 22.8 Å². The normalized spacial score (nSPS) is 11.2. The van der Waals surface area contributed by atoms with Gasteiger partial charge in [0.15, 0.2) is 0 Å². The first-order valence-electron chi connectivity index (χ1n) is 9.12. The van der Waals surface area contributed by atoms with Gasteiger partial charge in [-0.2, -0.15) is 13.2 Å². The highest BCUT2D eigenvalue weighted by molar-refractivity contribution is 5.94. The van der Waals surface area contributed by atoms with E-state index in [1.807, 2.05) is 6.07 Å². The second kappa shape index (κ2) is 9.30. The molecule has 2 aromatic carbocycles. The number of benzene rings is 2. The number of rotatable bonds is 7. The number of carbonyl (C=O) groups is 2. The summed E-state index contributed by atoms with van der Waals surface area (Å²) in [5, 5.41) is 2.71. The van der Waals surface area contributed by atoms with Crippen LogP contribution in [0.2, 0.25) is 0 Å². The Labute approximate surface area is 171 Å². The third-order valence-electron chi connectivity index (χ3n) is 4.31. The van der Waals surface area contributed by atoms with Gasteiger partial charge in [0, 0.05) is 5.69 Å². The number of nitrogens with one attached hydrogen (secondary N) is 1. The molecule has 156 valence electrons. The molecule has 1 N–H and O–H groups in total. The first kappa shape index (κ1) is 21.2. The van der Waals surface area contributed by atoms with E-state index in [2.05, 4.69) is 5.32 Å². The minimum Gasteiger partial charge on any atom is -0.467 e. The quantitative estimate of drug-likeness (QED) is 0.617. The van der Waals surface area contributed by atoms with Crippen LogP contribution in [0.25, 0.3) is 0 Å². The zero-order chi connectivity index (χ0) is 21.6. The molecule has 0 saturated heterocycles. The first-order chi connectivity index (χ1) is 14.3. The SMILES string of the molecule is O=C(CN(Cc1ccco1)C(=O)Cc1ccc(C(F)(F)F)cc1)Nc1ccccc1. The maximum absolute atomic E-state index is 12.8. The lowest BCUT2D eigenvalue weighted by atomic mass is 10.1. The van der Waals surface area contributed by atoms with Crippen LogP contribution in [-0.2, 0) is 28.7 Å². The van der Waals surface area contributed by atoms with Crippen LogP contribution >= 0.6 is 0 Å². The second-order valence-electron chi connectivity index (χ2n) is 6.61. The number of para-hydroxylation sites is 1. The van der Waals surface area contributed by atoms with Gasteiger partial charge in [-0.25, -0.2) is 0 Å². The molecule has 8 heteroatoms. The van der Waals surface area contributed by atoms with Crippen molar-refractivity contribution in [3.63, 3.8) is 0 Å². The summed E-state index contributed by atoms with van der Waals surface area (Å²) in [7, 11) is 0. The maximum Gasteiger partial charge on any atom is 0.416 e. The van der Waals surface area contributed by atoms with Crippen LogP contribution in [0.1, 0.15) is 16.9 Å². The Morgan fingerprint density at radius 2 is 1.63 bits per heavy atom. The molecule has 0 radical (unpaired) electrons. The minimum absolute atomic E-state index is 0.0642. The van der Waals surface area contributed by atoms with E-state index >= 15 is 0 Å². The lowest BCUT2D eigenvalue weighted by molar-refractivity contribution is -0.137. The number of halogens is 3. The summed E-state index contributed by atoms with van der Waals surface area (Å²) in [4.78, 5) is 26.5. The van der Waals surface area contributed by atoms with Crippen LogP contribution in [0.3, 0.4) is 0 Å². The second-order valence-corrected chi connectivity index (χ2v) is 6.61. The molecule has 3 rings (SSSR count). The summed E-state index contributed by atoms with van der Waals surface area (Å²) < 4.78 is 43.4. The number of amides is 2. The van der Waals surface area contributed by atoms with Gasteiger partial charge in [-0.3, -0.25) is 9.59 Å². The smallest absolute Gasteiger partial charge is 0.416 e. The highest BCUT2D eigenvalue weighted by Crippen LogP contribution is 2.29. The molecule has 1 aromatic heterocycles. The van der Waals surface area contributed by atoms with E-state index in [4.69, 9.17) is 4.42 Å². The minimum atomic E-state index is -4.44. The van der Waals surface area contributed by atoms with Crippen LogP contribution in [0.5, 0.6) is 0 Å². The molecule has 0 aliphatic heterocycles. The summed E-state index contributed by atoms with van der Waals surface area (Å²) >= 11 is 0.